The monoisotopic (exact) mass is 390 g/mol. The van der Waals surface area contributed by atoms with Crippen LogP contribution in [0, 0.1) is 19.8 Å². The molecule has 0 bridgehead atoms. The van der Waals surface area contributed by atoms with Gasteiger partial charge in [-0.25, -0.2) is 14.6 Å². The van der Waals surface area contributed by atoms with Crippen LogP contribution in [0.2, 0.25) is 0 Å². The minimum Gasteiger partial charge on any atom is -0.352 e. The smallest absolute Gasteiger partial charge is 0.225 e. The molecule has 1 aliphatic carbocycles. The summed E-state index contributed by atoms with van der Waals surface area (Å²) in [5, 5.41) is 5.57. The normalized spacial score (nSPS) is 17.6. The maximum atomic E-state index is 12.5. The number of carbonyl (C=O) groups excluding carboxylic acids is 1. The number of hydrogen-bond acceptors (Lipinski definition) is 5. The number of nitrogens with zero attached hydrogens (tertiary/aromatic N) is 6. The van der Waals surface area contributed by atoms with Crippen molar-refractivity contribution in [2.45, 2.75) is 33.1 Å². The fourth-order valence-corrected chi connectivity index (χ4v) is 4.24. The molecule has 1 saturated heterocycles. The number of carbonyl (C=O) groups is 1. The highest BCUT2D eigenvalue weighted by Gasteiger charge is 2.32. The summed E-state index contributed by atoms with van der Waals surface area (Å²) >= 11 is 0. The number of amides is 1. The number of fused-ring (bicyclic) bond motifs is 1. The predicted molar refractivity (Wildman–Crippen MR) is 112 cm³/mol. The molecule has 7 heteroatoms. The van der Waals surface area contributed by atoms with E-state index >= 15 is 0 Å². The molecule has 29 heavy (non-hydrogen) atoms. The van der Waals surface area contributed by atoms with Crippen LogP contribution in [0.15, 0.2) is 30.5 Å². The van der Waals surface area contributed by atoms with Gasteiger partial charge in [-0.3, -0.25) is 4.79 Å². The van der Waals surface area contributed by atoms with Crippen molar-refractivity contribution in [2.24, 2.45) is 5.92 Å². The summed E-state index contributed by atoms with van der Waals surface area (Å²) in [6.07, 6.45) is 5.17. The number of hydrogen-bond donors (Lipinski definition) is 0. The largest absolute Gasteiger partial charge is 0.352 e. The van der Waals surface area contributed by atoms with E-state index < -0.39 is 0 Å². The zero-order valence-electron chi connectivity index (χ0n) is 17.0. The molecule has 0 N–H and O–H groups in total. The van der Waals surface area contributed by atoms with Crippen molar-refractivity contribution in [1.29, 1.82) is 0 Å². The molecule has 1 aliphatic heterocycles. The molecule has 0 radical (unpaired) electrons. The molecule has 1 saturated carbocycles. The number of piperazine rings is 1. The van der Waals surface area contributed by atoms with Crippen LogP contribution >= 0.6 is 0 Å². The molecule has 3 aromatic rings. The Morgan fingerprint density at radius 2 is 1.86 bits per heavy atom. The SMILES string of the molecule is Cc1cccc(-n2ncc3c(N4CCN(C(=O)C5CCC5)CC4)nc(C)nc32)c1. The molecule has 2 aromatic heterocycles. The molecule has 0 spiro atoms. The molecule has 0 atom stereocenters. The van der Waals surface area contributed by atoms with E-state index in [0.29, 0.717) is 5.91 Å². The van der Waals surface area contributed by atoms with E-state index in [4.69, 9.17) is 4.98 Å². The highest BCUT2D eigenvalue weighted by atomic mass is 16.2. The molecule has 3 heterocycles. The van der Waals surface area contributed by atoms with Crippen LogP contribution in [0.3, 0.4) is 0 Å². The zero-order chi connectivity index (χ0) is 20.0. The summed E-state index contributed by atoms with van der Waals surface area (Å²) in [5.74, 6) is 2.26. The molecule has 7 nitrogen and oxygen atoms in total. The Hall–Kier alpha value is -2.96. The van der Waals surface area contributed by atoms with Crippen LogP contribution < -0.4 is 4.90 Å². The lowest BCUT2D eigenvalue weighted by atomic mass is 9.84. The van der Waals surface area contributed by atoms with Crippen LogP contribution in [-0.4, -0.2) is 56.7 Å². The maximum absolute atomic E-state index is 12.5. The number of aryl methyl sites for hydroxylation is 2. The minimum absolute atomic E-state index is 0.266. The Morgan fingerprint density at radius 1 is 1.07 bits per heavy atom. The van der Waals surface area contributed by atoms with Crippen LogP contribution in [0.4, 0.5) is 5.82 Å². The van der Waals surface area contributed by atoms with Gasteiger partial charge >= 0.3 is 0 Å². The lowest BCUT2D eigenvalue weighted by molar-refractivity contribution is -0.138. The van der Waals surface area contributed by atoms with Crippen molar-refractivity contribution in [3.8, 4) is 5.69 Å². The first-order chi connectivity index (χ1) is 14.1. The second-order valence-electron chi connectivity index (χ2n) is 8.17. The average molecular weight is 390 g/mol. The fourth-order valence-electron chi connectivity index (χ4n) is 4.24. The van der Waals surface area contributed by atoms with Crippen LogP contribution in [0.25, 0.3) is 16.7 Å². The van der Waals surface area contributed by atoms with Gasteiger partial charge in [-0.1, -0.05) is 18.6 Å². The lowest BCUT2D eigenvalue weighted by Crippen LogP contribution is -2.51. The van der Waals surface area contributed by atoms with E-state index in [9.17, 15) is 4.79 Å². The van der Waals surface area contributed by atoms with Gasteiger partial charge in [0.2, 0.25) is 5.91 Å². The van der Waals surface area contributed by atoms with Gasteiger partial charge in [0.15, 0.2) is 5.65 Å². The van der Waals surface area contributed by atoms with Gasteiger partial charge in [0.05, 0.1) is 17.3 Å². The van der Waals surface area contributed by atoms with Crippen LogP contribution in [0.5, 0.6) is 0 Å². The second-order valence-corrected chi connectivity index (χ2v) is 8.17. The number of anilines is 1. The van der Waals surface area contributed by atoms with E-state index in [1.807, 2.05) is 34.8 Å². The number of aromatic nitrogens is 4. The van der Waals surface area contributed by atoms with Crippen molar-refractivity contribution in [3.05, 3.63) is 41.9 Å². The minimum atomic E-state index is 0.266. The van der Waals surface area contributed by atoms with E-state index in [-0.39, 0.29) is 5.92 Å². The Kier molecular flexibility index (Phi) is 4.45. The lowest BCUT2D eigenvalue weighted by Gasteiger charge is -2.38. The number of benzene rings is 1. The van der Waals surface area contributed by atoms with Crippen molar-refractivity contribution in [2.75, 3.05) is 31.1 Å². The zero-order valence-corrected chi connectivity index (χ0v) is 17.0. The number of rotatable bonds is 3. The van der Waals surface area contributed by atoms with Crippen molar-refractivity contribution in [1.82, 2.24) is 24.6 Å². The topological polar surface area (TPSA) is 67.2 Å². The third-order valence-corrected chi connectivity index (χ3v) is 6.11. The van der Waals surface area contributed by atoms with Gasteiger partial charge in [0.1, 0.15) is 11.6 Å². The molecule has 5 rings (SSSR count). The Bertz CT molecular complexity index is 1060. The molecule has 2 aliphatic rings. The Labute approximate surface area is 170 Å². The van der Waals surface area contributed by atoms with Gasteiger partial charge in [0, 0.05) is 32.1 Å². The molecule has 0 unspecified atom stereocenters. The van der Waals surface area contributed by atoms with Crippen LogP contribution in [-0.2, 0) is 4.79 Å². The Morgan fingerprint density at radius 3 is 2.55 bits per heavy atom. The van der Waals surface area contributed by atoms with Gasteiger partial charge in [0.25, 0.3) is 0 Å². The van der Waals surface area contributed by atoms with Gasteiger partial charge in [-0.05, 0) is 44.4 Å². The van der Waals surface area contributed by atoms with Crippen LogP contribution in [0.1, 0.15) is 30.7 Å². The van der Waals surface area contributed by atoms with Gasteiger partial charge < -0.3 is 9.80 Å². The molecular formula is C22H26N6O. The summed E-state index contributed by atoms with van der Waals surface area (Å²) in [6, 6.07) is 8.26. The summed E-state index contributed by atoms with van der Waals surface area (Å²) < 4.78 is 1.89. The maximum Gasteiger partial charge on any atom is 0.225 e. The van der Waals surface area contributed by atoms with E-state index in [1.54, 1.807) is 0 Å². The summed E-state index contributed by atoms with van der Waals surface area (Å²) in [4.78, 5) is 26.3. The predicted octanol–water partition coefficient (Wildman–Crippen LogP) is 2.88. The van der Waals surface area contributed by atoms with Crippen molar-refractivity contribution in [3.63, 3.8) is 0 Å². The van der Waals surface area contributed by atoms with E-state index in [2.05, 4.69) is 34.0 Å². The van der Waals surface area contributed by atoms with Gasteiger partial charge in [-0.2, -0.15) is 5.10 Å². The first-order valence-electron chi connectivity index (χ1n) is 10.4. The van der Waals surface area contributed by atoms with Crippen molar-refractivity contribution >= 4 is 22.8 Å². The van der Waals surface area contributed by atoms with Gasteiger partial charge in [-0.15, -0.1) is 0 Å². The highest BCUT2D eigenvalue weighted by Crippen LogP contribution is 2.30. The average Bonchev–Trinajstić information content (AvgIpc) is 3.10. The van der Waals surface area contributed by atoms with E-state index in [1.165, 1.54) is 12.0 Å². The summed E-state index contributed by atoms with van der Waals surface area (Å²) in [5.41, 5.74) is 3.01. The third-order valence-electron chi connectivity index (χ3n) is 6.11. The first-order valence-corrected chi connectivity index (χ1v) is 10.4. The summed E-state index contributed by atoms with van der Waals surface area (Å²) in [7, 11) is 0. The quantitative estimate of drug-likeness (QED) is 0.688. The fraction of sp³-hybridized carbons (Fsp3) is 0.455. The molecule has 150 valence electrons. The third kappa shape index (κ3) is 3.24. The standard InChI is InChI=1S/C22H26N6O/c1-15-5-3-8-18(13-15)28-21-19(14-23-28)20(24-16(2)25-21)26-9-11-27(12-10-26)22(29)17-6-4-7-17/h3,5,8,13-14,17H,4,6-7,9-12H2,1-2H3. The van der Waals surface area contributed by atoms with Crippen molar-refractivity contribution < 1.29 is 4.79 Å². The molecule has 1 amide bonds. The first kappa shape index (κ1) is 18.1. The molecule has 1 aromatic carbocycles. The highest BCUT2D eigenvalue weighted by molar-refractivity contribution is 5.88. The Balaban J connectivity index is 1.43. The molecular weight excluding hydrogens is 364 g/mol. The molecule has 2 fully saturated rings. The second kappa shape index (κ2) is 7.13. The van der Waals surface area contributed by atoms with E-state index in [0.717, 1.165) is 67.4 Å². The summed E-state index contributed by atoms with van der Waals surface area (Å²) in [6.45, 7) is 7.09.